The van der Waals surface area contributed by atoms with Gasteiger partial charge in [0.25, 0.3) is 0 Å². The fourth-order valence-electron chi connectivity index (χ4n) is 1.80. The lowest BCUT2D eigenvalue weighted by atomic mass is 9.78. The molecule has 0 saturated heterocycles. The molecular formula is C8H12O5S. The molecule has 0 bridgehead atoms. The Morgan fingerprint density at radius 1 is 1.14 bits per heavy atom. The molecule has 1 rings (SSSR count). The van der Waals surface area contributed by atoms with Crippen molar-refractivity contribution in [2.24, 2.45) is 11.8 Å². The van der Waals surface area contributed by atoms with Gasteiger partial charge in [-0.05, 0) is 32.2 Å². The molecular weight excluding hydrogens is 208 g/mol. The highest BCUT2D eigenvalue weighted by Gasteiger charge is 2.39. The number of carboxylic acid groups (broad SMARTS) is 2. The lowest BCUT2D eigenvalue weighted by molar-refractivity contribution is -0.157. The molecule has 0 amide bonds. The highest BCUT2D eigenvalue weighted by molar-refractivity contribution is 7.75. The Labute approximate surface area is 86.7 Å². The van der Waals surface area contributed by atoms with Crippen LogP contribution in [0.5, 0.6) is 0 Å². The largest absolute Gasteiger partial charge is 0.481 e. The van der Waals surface area contributed by atoms with Crippen LogP contribution in [0.1, 0.15) is 19.3 Å². The maximum absolute atomic E-state index is 10.8. The summed E-state index contributed by atoms with van der Waals surface area (Å²) in [7, 11) is 0. The molecule has 0 aromatic heterocycles. The van der Waals surface area contributed by atoms with E-state index in [0.29, 0.717) is 12.8 Å². The van der Waals surface area contributed by atoms with Crippen molar-refractivity contribution in [3.63, 3.8) is 0 Å². The maximum atomic E-state index is 10.8. The number of rotatable bonds is 3. The predicted molar refractivity (Wildman–Crippen MR) is 50.0 cm³/mol. The smallest absolute Gasteiger partial charge is 0.307 e. The first-order valence-corrected chi connectivity index (χ1v) is 4.68. The van der Waals surface area contributed by atoms with E-state index in [1.807, 2.05) is 0 Å². The predicted octanol–water partition coefficient (Wildman–Crippen LogP) is 0.802. The van der Waals surface area contributed by atoms with Gasteiger partial charge in [-0.2, -0.15) is 0 Å². The summed E-state index contributed by atoms with van der Waals surface area (Å²) < 4.78 is 4.74. The zero-order chi connectivity index (χ0) is 10.7. The van der Waals surface area contributed by atoms with E-state index in [2.05, 4.69) is 12.9 Å². The van der Waals surface area contributed by atoms with Gasteiger partial charge in [-0.15, -0.1) is 0 Å². The van der Waals surface area contributed by atoms with E-state index in [-0.39, 0.29) is 12.5 Å². The minimum atomic E-state index is -1.08. The summed E-state index contributed by atoms with van der Waals surface area (Å²) in [5.41, 5.74) is 0. The van der Waals surface area contributed by atoms with Crippen LogP contribution in [0.4, 0.5) is 0 Å². The number of hydrogen-bond donors (Lipinski definition) is 3. The lowest BCUT2D eigenvalue weighted by Crippen LogP contribution is -2.37. The molecule has 0 aromatic rings. The highest BCUT2D eigenvalue weighted by atomic mass is 32.1. The quantitative estimate of drug-likeness (QED) is 0.484. The average molecular weight is 220 g/mol. The monoisotopic (exact) mass is 220 g/mol. The van der Waals surface area contributed by atoms with Gasteiger partial charge in [0.1, 0.15) is 0 Å². The van der Waals surface area contributed by atoms with E-state index in [1.54, 1.807) is 0 Å². The van der Waals surface area contributed by atoms with Gasteiger partial charge in [0.15, 0.2) is 0 Å². The molecule has 1 aliphatic carbocycles. The average Bonchev–Trinajstić information content (AvgIpc) is 2.16. The van der Waals surface area contributed by atoms with E-state index in [4.69, 9.17) is 14.4 Å². The number of carbonyl (C=O) groups is 2. The van der Waals surface area contributed by atoms with Gasteiger partial charge in [0, 0.05) is 0 Å². The third-order valence-electron chi connectivity index (χ3n) is 2.59. The van der Waals surface area contributed by atoms with Crippen LogP contribution in [0.15, 0.2) is 0 Å². The van der Waals surface area contributed by atoms with Gasteiger partial charge in [0.2, 0.25) is 0 Å². The van der Waals surface area contributed by atoms with Crippen LogP contribution in [0, 0.1) is 11.8 Å². The van der Waals surface area contributed by atoms with Crippen LogP contribution in [0.25, 0.3) is 0 Å². The standard InChI is InChI=1S/C8H12O5S/c9-7(10)5-2-1-4(13-14)3-6(5)8(11)12/h4-6,14H,1-3H2,(H,9,10)(H,11,12). The third kappa shape index (κ3) is 2.39. The number of thiol groups is 1. The molecule has 0 heterocycles. The van der Waals surface area contributed by atoms with Crippen LogP contribution in [0.3, 0.4) is 0 Å². The van der Waals surface area contributed by atoms with Crippen molar-refractivity contribution in [1.29, 1.82) is 0 Å². The molecule has 6 heteroatoms. The fraction of sp³-hybridized carbons (Fsp3) is 0.750. The Balaban J connectivity index is 2.70. The molecule has 3 unspecified atom stereocenters. The molecule has 5 nitrogen and oxygen atoms in total. The van der Waals surface area contributed by atoms with Crippen molar-refractivity contribution in [2.75, 3.05) is 0 Å². The molecule has 3 atom stereocenters. The van der Waals surface area contributed by atoms with Crippen molar-refractivity contribution in [3.8, 4) is 0 Å². The summed E-state index contributed by atoms with van der Waals surface area (Å²) in [6.07, 6.45) is 0.840. The summed E-state index contributed by atoms with van der Waals surface area (Å²) >= 11 is 3.61. The first-order valence-electron chi connectivity index (χ1n) is 4.32. The van der Waals surface area contributed by atoms with Crippen LogP contribution < -0.4 is 0 Å². The fourth-order valence-corrected chi connectivity index (χ4v) is 1.99. The first kappa shape index (κ1) is 11.3. The Bertz CT molecular complexity index is 242. The molecule has 0 aromatic carbocycles. The molecule has 1 fully saturated rings. The molecule has 14 heavy (non-hydrogen) atoms. The summed E-state index contributed by atoms with van der Waals surface area (Å²) in [4.78, 5) is 21.5. The van der Waals surface area contributed by atoms with Gasteiger partial charge in [-0.1, -0.05) is 0 Å². The van der Waals surface area contributed by atoms with Crippen molar-refractivity contribution >= 4 is 24.8 Å². The summed E-state index contributed by atoms with van der Waals surface area (Å²) in [5, 5.41) is 17.6. The van der Waals surface area contributed by atoms with Gasteiger partial charge < -0.3 is 14.4 Å². The van der Waals surface area contributed by atoms with Crippen molar-refractivity contribution in [3.05, 3.63) is 0 Å². The van der Waals surface area contributed by atoms with E-state index in [9.17, 15) is 9.59 Å². The second-order valence-corrected chi connectivity index (χ2v) is 3.64. The Morgan fingerprint density at radius 2 is 1.71 bits per heavy atom. The zero-order valence-electron chi connectivity index (χ0n) is 7.42. The van der Waals surface area contributed by atoms with Crippen molar-refractivity contribution in [1.82, 2.24) is 0 Å². The van der Waals surface area contributed by atoms with Crippen LogP contribution in [-0.2, 0) is 13.8 Å². The molecule has 2 N–H and O–H groups in total. The topological polar surface area (TPSA) is 83.8 Å². The first-order chi connectivity index (χ1) is 6.56. The van der Waals surface area contributed by atoms with E-state index in [0.717, 1.165) is 0 Å². The minimum Gasteiger partial charge on any atom is -0.481 e. The van der Waals surface area contributed by atoms with Crippen LogP contribution in [-0.4, -0.2) is 28.3 Å². The minimum absolute atomic E-state index is 0.218. The lowest BCUT2D eigenvalue weighted by Gasteiger charge is -2.29. The molecule has 0 aliphatic heterocycles. The highest BCUT2D eigenvalue weighted by Crippen LogP contribution is 2.32. The molecule has 1 saturated carbocycles. The summed E-state index contributed by atoms with van der Waals surface area (Å²) in [6.45, 7) is 0. The van der Waals surface area contributed by atoms with Gasteiger partial charge in [-0.3, -0.25) is 9.59 Å². The van der Waals surface area contributed by atoms with Crippen molar-refractivity contribution < 1.29 is 24.0 Å². The van der Waals surface area contributed by atoms with E-state index >= 15 is 0 Å². The second-order valence-electron chi connectivity index (χ2n) is 3.43. The van der Waals surface area contributed by atoms with Gasteiger partial charge in [-0.25, -0.2) is 0 Å². The van der Waals surface area contributed by atoms with E-state index in [1.165, 1.54) is 0 Å². The van der Waals surface area contributed by atoms with Gasteiger partial charge >= 0.3 is 11.9 Å². The molecule has 0 radical (unpaired) electrons. The normalized spacial score (nSPS) is 32.5. The Kier molecular flexibility index (Phi) is 3.77. The van der Waals surface area contributed by atoms with Crippen LogP contribution in [0.2, 0.25) is 0 Å². The second kappa shape index (κ2) is 4.65. The molecule has 0 spiro atoms. The zero-order valence-corrected chi connectivity index (χ0v) is 8.31. The van der Waals surface area contributed by atoms with Gasteiger partial charge in [0.05, 0.1) is 17.9 Å². The summed E-state index contributed by atoms with van der Waals surface area (Å²) in [6, 6.07) is 0. The van der Waals surface area contributed by atoms with Crippen molar-refractivity contribution in [2.45, 2.75) is 25.4 Å². The maximum Gasteiger partial charge on any atom is 0.307 e. The Hall–Kier alpha value is -0.750. The number of hydrogen-bond acceptors (Lipinski definition) is 4. The number of carboxylic acids is 2. The van der Waals surface area contributed by atoms with E-state index < -0.39 is 23.8 Å². The third-order valence-corrected chi connectivity index (χ3v) is 2.88. The number of aliphatic carboxylic acids is 2. The Morgan fingerprint density at radius 3 is 2.14 bits per heavy atom. The molecule has 80 valence electrons. The van der Waals surface area contributed by atoms with Crippen LogP contribution >= 0.6 is 12.9 Å². The SMILES string of the molecule is O=C(O)C1CCC(OS)CC1C(=O)O. The summed E-state index contributed by atoms with van der Waals surface area (Å²) in [5.74, 6) is -3.78. The molecule has 1 aliphatic rings.